The van der Waals surface area contributed by atoms with Crippen LogP contribution < -0.4 is 41.6 Å². The Balaban J connectivity index is 0.000000494. The lowest BCUT2D eigenvalue weighted by molar-refractivity contribution is -0.671. The van der Waals surface area contributed by atoms with Crippen molar-refractivity contribution in [3.8, 4) is 11.5 Å². The lowest BCUT2D eigenvalue weighted by Crippen LogP contribution is -3.00. The molecule has 364 valence electrons. The molecule has 3 unspecified atom stereocenters. The normalized spacial score (nSPS) is 11.7. The Kier molecular flexibility index (Phi) is 28.6. The number of anilines is 2. The van der Waals surface area contributed by atoms with E-state index in [-0.39, 0.29) is 67.6 Å². The van der Waals surface area contributed by atoms with Crippen LogP contribution in [0.4, 0.5) is 11.4 Å². The van der Waals surface area contributed by atoms with E-state index < -0.39 is 5.92 Å². The van der Waals surface area contributed by atoms with Gasteiger partial charge in [0.25, 0.3) is 0 Å². The van der Waals surface area contributed by atoms with Gasteiger partial charge in [-0.15, -0.1) is 0 Å². The van der Waals surface area contributed by atoms with Crippen molar-refractivity contribution >= 4 is 47.1 Å². The third kappa shape index (κ3) is 25.5. The smallest absolute Gasteiger partial charge is 0.353 e. The molecule has 0 saturated heterocycles. The first-order chi connectivity index (χ1) is 31.0. The van der Waals surface area contributed by atoms with Gasteiger partial charge in [0.1, 0.15) is 36.3 Å². The Bertz CT molecular complexity index is 1940. The first-order valence-electron chi connectivity index (χ1n) is 22.5. The second-order valence-corrected chi connectivity index (χ2v) is 16.1. The monoisotopic (exact) mass is 939 g/mol. The van der Waals surface area contributed by atoms with Crippen molar-refractivity contribution < 1.29 is 69.3 Å². The molecule has 0 aliphatic heterocycles. The zero-order valence-electron chi connectivity index (χ0n) is 40.3. The van der Waals surface area contributed by atoms with E-state index in [9.17, 15) is 28.8 Å². The van der Waals surface area contributed by atoms with Gasteiger partial charge in [0.15, 0.2) is 13.1 Å². The van der Waals surface area contributed by atoms with Crippen molar-refractivity contribution in [1.82, 2.24) is 9.13 Å². The Hall–Kier alpha value is -6.03. The van der Waals surface area contributed by atoms with Crippen LogP contribution in [0, 0.1) is 17.8 Å². The van der Waals surface area contributed by atoms with E-state index in [1.807, 2.05) is 35.6 Å². The number of carbonyl (C=O) groups is 6. The summed E-state index contributed by atoms with van der Waals surface area (Å²) >= 11 is 0. The summed E-state index contributed by atoms with van der Waals surface area (Å²) in [5.41, 5.74) is 1.32. The number of nitrogens with one attached hydrogen (secondary N) is 2. The van der Waals surface area contributed by atoms with Gasteiger partial charge in [0, 0.05) is 25.2 Å². The predicted molar refractivity (Wildman–Crippen MR) is 246 cm³/mol. The molecule has 0 spiro atoms. The molecule has 16 nitrogen and oxygen atoms in total. The summed E-state index contributed by atoms with van der Waals surface area (Å²) in [6, 6.07) is 13.3. The van der Waals surface area contributed by atoms with Gasteiger partial charge >= 0.3 is 23.9 Å². The molecule has 0 bridgehead atoms. The Labute approximate surface area is 396 Å². The van der Waals surface area contributed by atoms with Gasteiger partial charge in [-0.1, -0.05) is 73.1 Å². The van der Waals surface area contributed by atoms with Crippen LogP contribution in [0.2, 0.25) is 0 Å². The van der Waals surface area contributed by atoms with Crippen molar-refractivity contribution in [1.29, 1.82) is 0 Å². The molecule has 0 aliphatic carbocycles. The van der Waals surface area contributed by atoms with Gasteiger partial charge in [-0.2, -0.15) is 0 Å². The van der Waals surface area contributed by atoms with Crippen molar-refractivity contribution in [3.63, 3.8) is 0 Å². The number of nitrogens with zero attached hydrogens (tertiary/aromatic N) is 4. The number of hydrogen-bond donors (Lipinski definition) is 2. The van der Waals surface area contributed by atoms with Gasteiger partial charge in [-0.05, 0) is 73.2 Å². The highest BCUT2D eigenvalue weighted by atomic mass is 35.5. The second-order valence-electron chi connectivity index (χ2n) is 16.1. The summed E-state index contributed by atoms with van der Waals surface area (Å²) in [5, 5.41) is 5.28. The first kappa shape index (κ1) is 58.0. The minimum atomic E-state index is -0.438. The van der Waals surface area contributed by atoms with Crippen molar-refractivity contribution in [2.75, 3.05) is 23.8 Å². The van der Waals surface area contributed by atoms with Gasteiger partial charge in [-0.25, -0.2) is 27.9 Å². The quantitative estimate of drug-likeness (QED) is 0.0619. The number of benzene rings is 2. The third-order valence-electron chi connectivity index (χ3n) is 9.99. The van der Waals surface area contributed by atoms with Gasteiger partial charge < -0.3 is 42.0 Å². The van der Waals surface area contributed by atoms with E-state index in [4.69, 9.17) is 18.9 Å². The van der Waals surface area contributed by atoms with E-state index in [0.717, 1.165) is 51.4 Å². The highest BCUT2D eigenvalue weighted by Crippen LogP contribution is 2.19. The number of aryl methyl sites for hydroxylation is 2. The summed E-state index contributed by atoms with van der Waals surface area (Å²) in [6.45, 7) is 14.4. The lowest BCUT2D eigenvalue weighted by atomic mass is 10.0. The maximum Gasteiger partial charge on any atom is 0.353 e. The highest BCUT2D eigenvalue weighted by Gasteiger charge is 2.21. The zero-order chi connectivity index (χ0) is 48.1. The standard InChI is InChI=1S/C21H40O4.2C14H15N3O3.ClH/c1-6-10-12-18(8-3)15-24-20(22)14-17(5)21(23)25-16-19(9-4)13-11-7-2;2*1-11(18)15-12-3-5-13(6-4-12)20-14(19)9-17-8-7-16(2)10-17;/h17-19H,6-16H2,1-5H3;2*3-8,10H,9H2,1-2H3;1H/p+1. The number of imidazole rings is 2. The summed E-state index contributed by atoms with van der Waals surface area (Å²) in [7, 11) is 3.76. The molecule has 2 aromatic heterocycles. The third-order valence-corrected chi connectivity index (χ3v) is 9.99. The molecule has 0 saturated carbocycles. The molecular formula is C49H72ClN6O10+. The Morgan fingerprint density at radius 1 is 0.606 bits per heavy atom. The first-order valence-corrected chi connectivity index (χ1v) is 22.5. The number of aromatic nitrogens is 4. The highest BCUT2D eigenvalue weighted by molar-refractivity contribution is 5.89. The van der Waals surface area contributed by atoms with E-state index in [1.165, 1.54) is 13.8 Å². The summed E-state index contributed by atoms with van der Waals surface area (Å²) < 4.78 is 28.3. The molecule has 2 aromatic carbocycles. The zero-order valence-corrected chi connectivity index (χ0v) is 41.0. The maximum absolute atomic E-state index is 12.1. The largest absolute Gasteiger partial charge is 1.00 e. The number of rotatable bonds is 23. The van der Waals surface area contributed by atoms with Crippen molar-refractivity contribution in [2.45, 2.75) is 119 Å². The predicted octanol–water partition coefficient (Wildman–Crippen LogP) is 4.29. The summed E-state index contributed by atoms with van der Waals surface area (Å²) in [4.78, 5) is 69.3. The van der Waals surface area contributed by atoms with Crippen LogP contribution >= 0.6 is 0 Å². The molecule has 4 aromatic rings. The lowest BCUT2D eigenvalue weighted by Gasteiger charge is -2.18. The average molecular weight is 941 g/mol. The van der Waals surface area contributed by atoms with E-state index in [2.05, 4.69) is 38.3 Å². The second kappa shape index (κ2) is 32.6. The molecule has 66 heavy (non-hydrogen) atoms. The van der Waals surface area contributed by atoms with Gasteiger partial charge in [0.05, 0.1) is 39.6 Å². The van der Waals surface area contributed by atoms with Crippen molar-refractivity contribution in [2.24, 2.45) is 31.8 Å². The number of esters is 4. The molecular weight excluding hydrogens is 868 g/mol. The number of halogens is 1. The topological polar surface area (TPSA) is 181 Å². The van der Waals surface area contributed by atoms with E-state index in [1.54, 1.807) is 89.6 Å². The van der Waals surface area contributed by atoms with E-state index in [0.29, 0.717) is 47.9 Å². The fourth-order valence-electron chi connectivity index (χ4n) is 6.18. The Morgan fingerprint density at radius 2 is 1.00 bits per heavy atom. The van der Waals surface area contributed by atoms with Crippen LogP contribution in [0.15, 0.2) is 86.0 Å². The molecule has 2 heterocycles. The minimum Gasteiger partial charge on any atom is -1.00 e. The van der Waals surface area contributed by atoms with Gasteiger partial charge in [-0.3, -0.25) is 19.2 Å². The molecule has 0 aliphatic rings. The fourth-order valence-corrected chi connectivity index (χ4v) is 6.18. The van der Waals surface area contributed by atoms with Crippen LogP contribution in [0.3, 0.4) is 0 Å². The maximum atomic E-state index is 12.1. The number of unbranched alkanes of at least 4 members (excludes halogenated alkanes) is 2. The molecule has 2 N–H and O–H groups in total. The van der Waals surface area contributed by atoms with Crippen molar-refractivity contribution in [3.05, 3.63) is 86.0 Å². The molecule has 4 rings (SSSR count). The Morgan fingerprint density at radius 3 is 1.33 bits per heavy atom. The molecule has 0 fully saturated rings. The van der Waals surface area contributed by atoms with E-state index >= 15 is 0 Å². The van der Waals surface area contributed by atoms with Crippen LogP contribution in [0.25, 0.3) is 0 Å². The molecule has 2 amide bonds. The minimum absolute atomic E-state index is 0. The number of amides is 2. The van der Waals surface area contributed by atoms with Gasteiger partial charge in [0.2, 0.25) is 24.5 Å². The molecule has 3 atom stereocenters. The van der Waals surface area contributed by atoms with Crippen LogP contribution in [0.1, 0.15) is 106 Å². The van der Waals surface area contributed by atoms with Crippen LogP contribution in [0.5, 0.6) is 11.5 Å². The van der Waals surface area contributed by atoms with Crippen LogP contribution in [-0.2, 0) is 65.4 Å². The average Bonchev–Trinajstić information content (AvgIpc) is 3.87. The number of hydrogen-bond acceptors (Lipinski definition) is 10. The number of carbonyl (C=O) groups excluding carboxylic acids is 6. The van der Waals surface area contributed by atoms with Crippen LogP contribution in [-0.4, -0.2) is 58.0 Å². The SMILES string of the molecule is CC(=O)Nc1ccc(OC(=O)Cn2cc[n+](C)c2)cc1.CC(=O)Nc1ccc(OC(=O)Cn2cc[n+](C)c2)cc1.CCCCC(CC)COC(=O)CC(C)C(=O)OCC(CC)CCCC.[Cl-]. The summed E-state index contributed by atoms with van der Waals surface area (Å²) in [5.74, 6) is -0.273. The molecule has 17 heteroatoms. The number of ether oxygens (including phenoxy) is 4. The fraction of sp³-hybridized carbons (Fsp3) is 0.510. The summed E-state index contributed by atoms with van der Waals surface area (Å²) in [6.07, 6.45) is 19.8. The molecule has 0 radical (unpaired) electrons.